The molecule has 0 aliphatic carbocycles. The van der Waals surface area contributed by atoms with Gasteiger partial charge in [-0.05, 0) is 20.5 Å². The third kappa shape index (κ3) is 6.15. The number of carbonyl (C=O) groups excluding carboxylic acids is 1. The van der Waals surface area contributed by atoms with Gasteiger partial charge in [-0.2, -0.15) is 0 Å². The van der Waals surface area contributed by atoms with E-state index in [0.29, 0.717) is 23.9 Å². The topological polar surface area (TPSA) is 70.2 Å². The molecule has 0 aliphatic heterocycles. The van der Waals surface area contributed by atoms with Crippen molar-refractivity contribution in [2.24, 2.45) is 0 Å². The highest BCUT2D eigenvalue weighted by Crippen LogP contribution is 2.18. The third-order valence-electron chi connectivity index (χ3n) is 3.67. The molecular weight excluding hydrogens is 314 g/mol. The number of amides is 1. The summed E-state index contributed by atoms with van der Waals surface area (Å²) in [5, 5.41) is 6.19. The lowest BCUT2D eigenvalue weighted by molar-refractivity contribution is 0.0946. The van der Waals surface area contributed by atoms with Crippen LogP contribution in [0, 0.1) is 0 Å². The van der Waals surface area contributed by atoms with E-state index in [1.54, 1.807) is 6.07 Å². The van der Waals surface area contributed by atoms with Crippen LogP contribution in [0.4, 0.5) is 5.82 Å². The standard InChI is InChI=1S/C19H27N5O/c1-4-5-11-20-17-14-16(19(25)21-12-13-24(2)3)22-18(23-17)15-9-7-6-8-10-15/h6-10,14H,4-5,11-13H2,1-3H3,(H,21,25)(H,20,22,23). The normalized spacial score (nSPS) is 10.7. The average molecular weight is 341 g/mol. The number of aromatic nitrogens is 2. The average Bonchev–Trinajstić information content (AvgIpc) is 2.62. The lowest BCUT2D eigenvalue weighted by Crippen LogP contribution is -2.32. The van der Waals surface area contributed by atoms with E-state index >= 15 is 0 Å². The quantitative estimate of drug-likeness (QED) is 0.686. The van der Waals surface area contributed by atoms with Gasteiger partial charge in [0.1, 0.15) is 11.5 Å². The molecular formula is C19H27N5O. The monoisotopic (exact) mass is 341 g/mol. The molecule has 2 aromatic rings. The predicted octanol–water partition coefficient (Wildman–Crippen LogP) is 2.65. The van der Waals surface area contributed by atoms with Crippen LogP contribution in [0.15, 0.2) is 36.4 Å². The second-order valence-corrected chi connectivity index (χ2v) is 6.17. The van der Waals surface area contributed by atoms with Crippen LogP contribution >= 0.6 is 0 Å². The summed E-state index contributed by atoms with van der Waals surface area (Å²) in [5.74, 6) is 1.06. The predicted molar refractivity (Wildman–Crippen MR) is 102 cm³/mol. The van der Waals surface area contributed by atoms with Crippen molar-refractivity contribution in [2.75, 3.05) is 39.0 Å². The number of hydrogen-bond acceptors (Lipinski definition) is 5. The highest BCUT2D eigenvalue weighted by Gasteiger charge is 2.12. The zero-order chi connectivity index (χ0) is 18.1. The second-order valence-electron chi connectivity index (χ2n) is 6.17. The highest BCUT2D eigenvalue weighted by atomic mass is 16.1. The molecule has 25 heavy (non-hydrogen) atoms. The minimum Gasteiger partial charge on any atom is -0.370 e. The van der Waals surface area contributed by atoms with Gasteiger partial charge in [0.15, 0.2) is 5.82 Å². The van der Waals surface area contributed by atoms with Crippen molar-refractivity contribution in [2.45, 2.75) is 19.8 Å². The number of benzene rings is 1. The maximum Gasteiger partial charge on any atom is 0.270 e. The number of anilines is 1. The number of unbranched alkanes of at least 4 members (excludes halogenated alkanes) is 1. The van der Waals surface area contributed by atoms with Crippen molar-refractivity contribution in [1.29, 1.82) is 0 Å². The van der Waals surface area contributed by atoms with Crippen LogP contribution in [0.5, 0.6) is 0 Å². The van der Waals surface area contributed by atoms with E-state index in [1.807, 2.05) is 49.3 Å². The fourth-order valence-electron chi connectivity index (χ4n) is 2.25. The van der Waals surface area contributed by atoms with Crippen LogP contribution in [0.2, 0.25) is 0 Å². The van der Waals surface area contributed by atoms with Crippen molar-refractivity contribution >= 4 is 11.7 Å². The van der Waals surface area contributed by atoms with Crippen LogP contribution in [0.3, 0.4) is 0 Å². The van der Waals surface area contributed by atoms with Gasteiger partial charge in [0.25, 0.3) is 5.91 Å². The van der Waals surface area contributed by atoms with Gasteiger partial charge in [-0.1, -0.05) is 43.7 Å². The highest BCUT2D eigenvalue weighted by molar-refractivity contribution is 5.93. The Bertz CT molecular complexity index is 673. The summed E-state index contributed by atoms with van der Waals surface area (Å²) < 4.78 is 0. The Labute approximate surface area is 149 Å². The lowest BCUT2D eigenvalue weighted by atomic mass is 10.2. The summed E-state index contributed by atoms with van der Waals surface area (Å²) in [5.41, 5.74) is 1.27. The third-order valence-corrected chi connectivity index (χ3v) is 3.67. The molecule has 2 N–H and O–H groups in total. The first-order valence-corrected chi connectivity index (χ1v) is 8.71. The number of carbonyl (C=O) groups is 1. The summed E-state index contributed by atoms with van der Waals surface area (Å²) in [6, 6.07) is 11.4. The maximum atomic E-state index is 12.4. The van der Waals surface area contributed by atoms with Gasteiger partial charge in [-0.3, -0.25) is 4.79 Å². The first-order valence-electron chi connectivity index (χ1n) is 8.71. The summed E-state index contributed by atoms with van der Waals surface area (Å²) >= 11 is 0. The van der Waals surface area contributed by atoms with Crippen molar-refractivity contribution in [1.82, 2.24) is 20.2 Å². The van der Waals surface area contributed by atoms with Crippen molar-refractivity contribution in [3.05, 3.63) is 42.1 Å². The molecule has 6 heteroatoms. The number of nitrogens with one attached hydrogen (secondary N) is 2. The number of nitrogens with zero attached hydrogens (tertiary/aromatic N) is 3. The molecule has 1 aromatic carbocycles. The van der Waals surface area contributed by atoms with Gasteiger partial charge in [0, 0.05) is 31.3 Å². The van der Waals surface area contributed by atoms with Gasteiger partial charge in [-0.15, -0.1) is 0 Å². The van der Waals surface area contributed by atoms with Crippen LogP contribution in [-0.2, 0) is 0 Å². The molecule has 0 aliphatic rings. The van der Waals surface area contributed by atoms with Crippen molar-refractivity contribution < 1.29 is 4.79 Å². The molecule has 0 radical (unpaired) electrons. The van der Waals surface area contributed by atoms with E-state index in [2.05, 4.69) is 27.5 Å². The lowest BCUT2D eigenvalue weighted by Gasteiger charge is -2.12. The van der Waals surface area contributed by atoms with Crippen LogP contribution in [-0.4, -0.2) is 54.5 Å². The molecule has 0 atom stereocenters. The van der Waals surface area contributed by atoms with Crippen LogP contribution in [0.1, 0.15) is 30.3 Å². The molecule has 0 fully saturated rings. The van der Waals surface area contributed by atoms with E-state index in [0.717, 1.165) is 31.5 Å². The first kappa shape index (κ1) is 18.9. The van der Waals surface area contributed by atoms with E-state index in [-0.39, 0.29) is 5.91 Å². The Morgan fingerprint density at radius 2 is 1.88 bits per heavy atom. The number of rotatable bonds is 9. The Kier molecular flexibility index (Phi) is 7.35. The molecule has 0 saturated carbocycles. The van der Waals surface area contributed by atoms with E-state index in [1.165, 1.54) is 0 Å². The van der Waals surface area contributed by atoms with Crippen molar-refractivity contribution in [3.8, 4) is 11.4 Å². The van der Waals surface area contributed by atoms with Gasteiger partial charge in [-0.25, -0.2) is 9.97 Å². The number of likely N-dealkylation sites (N-methyl/N-ethyl adjacent to an activating group) is 1. The Balaban J connectivity index is 2.21. The first-order chi connectivity index (χ1) is 12.1. The zero-order valence-electron chi connectivity index (χ0n) is 15.2. The largest absolute Gasteiger partial charge is 0.370 e. The molecule has 0 spiro atoms. The molecule has 1 aromatic heterocycles. The summed E-state index contributed by atoms with van der Waals surface area (Å²) in [7, 11) is 3.94. The van der Waals surface area contributed by atoms with Crippen LogP contribution < -0.4 is 10.6 Å². The molecule has 6 nitrogen and oxygen atoms in total. The SMILES string of the molecule is CCCCNc1cc(C(=O)NCCN(C)C)nc(-c2ccccc2)n1. The molecule has 134 valence electrons. The summed E-state index contributed by atoms with van der Waals surface area (Å²) in [4.78, 5) is 23.5. The fourth-order valence-corrected chi connectivity index (χ4v) is 2.25. The minimum absolute atomic E-state index is 0.181. The fraction of sp³-hybridized carbons (Fsp3) is 0.421. The minimum atomic E-state index is -0.181. The molecule has 1 heterocycles. The molecule has 0 unspecified atom stereocenters. The van der Waals surface area contributed by atoms with E-state index in [4.69, 9.17) is 0 Å². The summed E-state index contributed by atoms with van der Waals surface area (Å²) in [6.45, 7) is 4.32. The van der Waals surface area contributed by atoms with Gasteiger partial charge in [0.2, 0.25) is 0 Å². The van der Waals surface area contributed by atoms with Gasteiger partial charge >= 0.3 is 0 Å². The Morgan fingerprint density at radius 3 is 2.56 bits per heavy atom. The molecule has 2 rings (SSSR count). The second kappa shape index (κ2) is 9.74. The maximum absolute atomic E-state index is 12.4. The van der Waals surface area contributed by atoms with Crippen LogP contribution in [0.25, 0.3) is 11.4 Å². The number of hydrogen-bond donors (Lipinski definition) is 2. The molecule has 1 amide bonds. The molecule has 0 saturated heterocycles. The van der Waals surface area contributed by atoms with Crippen molar-refractivity contribution in [3.63, 3.8) is 0 Å². The summed E-state index contributed by atoms with van der Waals surface area (Å²) in [6.07, 6.45) is 2.15. The van der Waals surface area contributed by atoms with E-state index in [9.17, 15) is 4.79 Å². The Morgan fingerprint density at radius 1 is 1.12 bits per heavy atom. The van der Waals surface area contributed by atoms with Gasteiger partial charge < -0.3 is 15.5 Å². The zero-order valence-corrected chi connectivity index (χ0v) is 15.2. The van der Waals surface area contributed by atoms with E-state index < -0.39 is 0 Å². The molecule has 0 bridgehead atoms. The van der Waals surface area contributed by atoms with Gasteiger partial charge in [0.05, 0.1) is 0 Å². The smallest absolute Gasteiger partial charge is 0.270 e. The Hall–Kier alpha value is -2.47.